The number of fused-ring (bicyclic) bond motifs is 2. The van der Waals surface area contributed by atoms with Crippen molar-refractivity contribution in [3.8, 4) is 0 Å². The summed E-state index contributed by atoms with van der Waals surface area (Å²) in [6.45, 7) is 0. The molecule has 2 aromatic heterocycles. The van der Waals surface area contributed by atoms with Crippen LogP contribution in [0.3, 0.4) is 0 Å². The molecule has 1 aliphatic rings. The summed E-state index contributed by atoms with van der Waals surface area (Å²) in [7, 11) is 0. The van der Waals surface area contributed by atoms with Gasteiger partial charge in [0.1, 0.15) is 5.00 Å². The van der Waals surface area contributed by atoms with Crippen LogP contribution in [0.2, 0.25) is 5.02 Å². The van der Waals surface area contributed by atoms with Crippen LogP contribution in [-0.4, -0.2) is 27.5 Å². The third kappa shape index (κ3) is 3.32. The summed E-state index contributed by atoms with van der Waals surface area (Å²) >= 11 is 8.71. The number of benzene rings is 1. The normalized spacial score (nSPS) is 13.1. The minimum atomic E-state index is -0.485. The standard InChI is InChI=1S/C17H15ClN4O2S2/c18-8-4-5-10-11(6-8)21-17(20-10)25-7-13(23)22-16-14(15(19)24)9-2-1-3-12(9)26-16/h4-6H,1-3,7H2,(H2,19,24)(H,20,21)(H,22,23). The van der Waals surface area contributed by atoms with Crippen LogP contribution in [-0.2, 0) is 17.6 Å². The fourth-order valence-electron chi connectivity index (χ4n) is 3.08. The largest absolute Gasteiger partial charge is 0.365 e. The molecule has 0 saturated carbocycles. The van der Waals surface area contributed by atoms with E-state index in [4.69, 9.17) is 17.3 Å². The molecule has 1 aromatic carbocycles. The molecule has 0 radical (unpaired) electrons. The van der Waals surface area contributed by atoms with E-state index in [9.17, 15) is 9.59 Å². The van der Waals surface area contributed by atoms with Crippen LogP contribution in [0, 0.1) is 0 Å². The van der Waals surface area contributed by atoms with Gasteiger partial charge in [-0.1, -0.05) is 23.4 Å². The number of anilines is 1. The molecule has 2 heterocycles. The first-order chi connectivity index (χ1) is 12.5. The quantitative estimate of drug-likeness (QED) is 0.563. The number of carbonyl (C=O) groups is 2. The third-order valence-electron chi connectivity index (χ3n) is 4.18. The van der Waals surface area contributed by atoms with E-state index in [1.807, 2.05) is 6.07 Å². The molecule has 0 bridgehead atoms. The van der Waals surface area contributed by atoms with Crippen LogP contribution in [0.25, 0.3) is 11.0 Å². The number of nitrogens with two attached hydrogens (primary N) is 1. The highest BCUT2D eigenvalue weighted by Crippen LogP contribution is 2.38. The molecule has 26 heavy (non-hydrogen) atoms. The number of thioether (sulfide) groups is 1. The fourth-order valence-corrected chi connectivity index (χ4v) is 5.24. The summed E-state index contributed by atoms with van der Waals surface area (Å²) in [5.41, 5.74) is 8.60. The SMILES string of the molecule is NC(=O)c1c(NC(=O)CSc2nc3ccc(Cl)cc3[nH]2)sc2c1CCC2. The molecule has 4 rings (SSSR count). The molecule has 0 saturated heterocycles. The van der Waals surface area contributed by atoms with Gasteiger partial charge in [-0.25, -0.2) is 4.98 Å². The van der Waals surface area contributed by atoms with Crippen LogP contribution < -0.4 is 11.1 Å². The highest BCUT2D eigenvalue weighted by molar-refractivity contribution is 7.99. The molecule has 9 heteroatoms. The zero-order valence-corrected chi connectivity index (χ0v) is 16.0. The number of hydrogen-bond donors (Lipinski definition) is 3. The maximum absolute atomic E-state index is 12.3. The molecular weight excluding hydrogens is 392 g/mol. The number of nitrogens with zero attached hydrogens (tertiary/aromatic N) is 1. The number of amides is 2. The van der Waals surface area contributed by atoms with E-state index in [0.29, 0.717) is 20.7 Å². The molecule has 0 fully saturated rings. The minimum Gasteiger partial charge on any atom is -0.365 e. The number of aromatic amines is 1. The van der Waals surface area contributed by atoms with Gasteiger partial charge in [-0.15, -0.1) is 11.3 Å². The van der Waals surface area contributed by atoms with E-state index in [-0.39, 0.29) is 11.7 Å². The molecule has 0 atom stereocenters. The number of aryl methyl sites for hydroxylation is 1. The number of thiophene rings is 1. The second-order valence-corrected chi connectivity index (χ2v) is 8.47. The molecule has 2 amide bonds. The van der Waals surface area contributed by atoms with Gasteiger partial charge in [-0.2, -0.15) is 0 Å². The van der Waals surface area contributed by atoms with Gasteiger partial charge in [0, 0.05) is 9.90 Å². The number of nitrogens with one attached hydrogen (secondary N) is 2. The van der Waals surface area contributed by atoms with Gasteiger partial charge in [-0.3, -0.25) is 9.59 Å². The van der Waals surface area contributed by atoms with Crippen molar-refractivity contribution in [1.29, 1.82) is 0 Å². The predicted octanol–water partition coefficient (Wildman–Crippen LogP) is 3.60. The summed E-state index contributed by atoms with van der Waals surface area (Å²) in [4.78, 5) is 32.8. The third-order valence-corrected chi connectivity index (χ3v) is 6.50. The lowest BCUT2D eigenvalue weighted by Crippen LogP contribution is -2.18. The van der Waals surface area contributed by atoms with E-state index in [1.54, 1.807) is 12.1 Å². The van der Waals surface area contributed by atoms with Crippen molar-refractivity contribution < 1.29 is 9.59 Å². The van der Waals surface area contributed by atoms with Crippen molar-refractivity contribution in [2.24, 2.45) is 5.73 Å². The van der Waals surface area contributed by atoms with Gasteiger partial charge in [-0.05, 0) is 43.0 Å². The average molecular weight is 407 g/mol. The Kier molecular flexibility index (Phi) is 4.64. The topological polar surface area (TPSA) is 101 Å². The van der Waals surface area contributed by atoms with Crippen molar-refractivity contribution >= 4 is 62.5 Å². The molecule has 3 aromatic rings. The van der Waals surface area contributed by atoms with Crippen molar-refractivity contribution in [2.45, 2.75) is 24.4 Å². The Bertz CT molecular complexity index is 1030. The highest BCUT2D eigenvalue weighted by atomic mass is 35.5. The molecule has 0 unspecified atom stereocenters. The highest BCUT2D eigenvalue weighted by Gasteiger charge is 2.26. The van der Waals surface area contributed by atoms with E-state index < -0.39 is 5.91 Å². The number of rotatable bonds is 5. The smallest absolute Gasteiger partial charge is 0.251 e. The van der Waals surface area contributed by atoms with Crippen molar-refractivity contribution in [2.75, 3.05) is 11.1 Å². The van der Waals surface area contributed by atoms with Crippen LogP contribution in [0.15, 0.2) is 23.4 Å². The second-order valence-electron chi connectivity index (χ2n) is 5.97. The van der Waals surface area contributed by atoms with Crippen molar-refractivity contribution in [3.05, 3.63) is 39.2 Å². The lowest BCUT2D eigenvalue weighted by Gasteiger charge is -2.05. The van der Waals surface area contributed by atoms with Crippen LogP contribution in [0.5, 0.6) is 0 Å². The van der Waals surface area contributed by atoms with Crippen molar-refractivity contribution in [1.82, 2.24) is 9.97 Å². The molecule has 0 aliphatic heterocycles. The van der Waals surface area contributed by atoms with Gasteiger partial charge in [0.15, 0.2) is 5.16 Å². The molecule has 4 N–H and O–H groups in total. The maximum atomic E-state index is 12.3. The zero-order valence-electron chi connectivity index (χ0n) is 13.6. The Morgan fingerprint density at radius 3 is 3.04 bits per heavy atom. The van der Waals surface area contributed by atoms with Gasteiger partial charge in [0.05, 0.1) is 22.3 Å². The number of aromatic nitrogens is 2. The Morgan fingerprint density at radius 1 is 1.38 bits per heavy atom. The van der Waals surface area contributed by atoms with Gasteiger partial charge >= 0.3 is 0 Å². The number of carbonyl (C=O) groups excluding carboxylic acids is 2. The van der Waals surface area contributed by atoms with Crippen LogP contribution in [0.1, 0.15) is 27.2 Å². The molecule has 134 valence electrons. The molecular formula is C17H15ClN4O2S2. The van der Waals surface area contributed by atoms with Crippen molar-refractivity contribution in [3.63, 3.8) is 0 Å². The molecule has 6 nitrogen and oxygen atoms in total. The Labute approximate surface area is 162 Å². The summed E-state index contributed by atoms with van der Waals surface area (Å²) in [6.07, 6.45) is 2.81. The number of imidazole rings is 1. The molecule has 0 spiro atoms. The lowest BCUT2D eigenvalue weighted by molar-refractivity contribution is -0.113. The first-order valence-corrected chi connectivity index (χ1v) is 10.2. The summed E-state index contributed by atoms with van der Waals surface area (Å²) in [5.74, 6) is -0.508. The predicted molar refractivity (Wildman–Crippen MR) is 105 cm³/mol. The lowest BCUT2D eigenvalue weighted by atomic mass is 10.1. The van der Waals surface area contributed by atoms with Gasteiger partial charge in [0.2, 0.25) is 5.91 Å². The van der Waals surface area contributed by atoms with Gasteiger partial charge in [0.25, 0.3) is 5.91 Å². The summed E-state index contributed by atoms with van der Waals surface area (Å²) in [5, 5.41) is 4.65. The fraction of sp³-hybridized carbons (Fsp3) is 0.235. The number of H-pyrrole nitrogens is 1. The average Bonchev–Trinajstić information content (AvgIpc) is 3.25. The summed E-state index contributed by atoms with van der Waals surface area (Å²) < 4.78 is 0. The Hall–Kier alpha value is -2.03. The zero-order chi connectivity index (χ0) is 18.3. The minimum absolute atomic E-state index is 0.175. The first-order valence-electron chi connectivity index (χ1n) is 8.03. The number of primary amides is 1. The van der Waals surface area contributed by atoms with Crippen LogP contribution in [0.4, 0.5) is 5.00 Å². The Balaban J connectivity index is 1.45. The molecule has 1 aliphatic carbocycles. The number of hydrogen-bond acceptors (Lipinski definition) is 5. The van der Waals surface area contributed by atoms with E-state index in [2.05, 4.69) is 15.3 Å². The van der Waals surface area contributed by atoms with Crippen LogP contribution >= 0.6 is 34.7 Å². The maximum Gasteiger partial charge on any atom is 0.251 e. The summed E-state index contributed by atoms with van der Waals surface area (Å²) in [6, 6.07) is 5.39. The first kappa shape index (κ1) is 17.4. The Morgan fingerprint density at radius 2 is 2.23 bits per heavy atom. The van der Waals surface area contributed by atoms with E-state index in [0.717, 1.165) is 40.7 Å². The monoisotopic (exact) mass is 406 g/mol. The van der Waals surface area contributed by atoms with E-state index >= 15 is 0 Å². The van der Waals surface area contributed by atoms with Gasteiger partial charge < -0.3 is 16.0 Å². The van der Waals surface area contributed by atoms with E-state index in [1.165, 1.54) is 23.1 Å². The number of halogens is 1. The second kappa shape index (κ2) is 6.94.